The molecule has 0 aromatic rings. The zero-order valence-electron chi connectivity index (χ0n) is 8.39. The summed E-state index contributed by atoms with van der Waals surface area (Å²) in [6.07, 6.45) is -8.93. The van der Waals surface area contributed by atoms with E-state index >= 15 is 0 Å². The van der Waals surface area contributed by atoms with Crippen LogP contribution in [0.25, 0.3) is 0 Å². The molecular formula is C8H10F3NO5. The molecule has 0 saturated carbocycles. The number of aliphatic carboxylic acids is 1. The Bertz CT molecular complexity index is 332. The van der Waals surface area contributed by atoms with Crippen LogP contribution in [0.5, 0.6) is 0 Å². The third kappa shape index (κ3) is 2.67. The number of likely N-dealkylation sites (tertiary alicyclic amines) is 1. The molecule has 0 aromatic heterocycles. The first-order valence-electron chi connectivity index (χ1n) is 4.63. The fourth-order valence-electron chi connectivity index (χ4n) is 1.65. The second-order valence-corrected chi connectivity index (χ2v) is 3.63. The van der Waals surface area contributed by atoms with Gasteiger partial charge in [0, 0.05) is 6.54 Å². The summed E-state index contributed by atoms with van der Waals surface area (Å²) in [6, 6.07) is -2.09. The van der Waals surface area contributed by atoms with Crippen LogP contribution < -0.4 is 0 Å². The molecule has 1 aliphatic heterocycles. The molecule has 0 bridgehead atoms. The molecule has 1 heterocycles. The summed E-state index contributed by atoms with van der Waals surface area (Å²) in [5.74, 6) is -4.13. The van der Waals surface area contributed by atoms with Crippen molar-refractivity contribution >= 4 is 11.9 Å². The molecule has 1 amide bonds. The quantitative estimate of drug-likeness (QED) is 0.557. The van der Waals surface area contributed by atoms with E-state index in [0.717, 1.165) is 0 Å². The van der Waals surface area contributed by atoms with Gasteiger partial charge < -0.3 is 20.2 Å². The number of hydrogen-bond donors (Lipinski definition) is 3. The van der Waals surface area contributed by atoms with Crippen LogP contribution in [0.1, 0.15) is 6.42 Å². The lowest BCUT2D eigenvalue weighted by Crippen LogP contribution is -2.62. The SMILES string of the molecule is O=C(O)C1[C@H](O)[C@H](O)CCN1C(=O)C(F)(F)F. The average molecular weight is 257 g/mol. The summed E-state index contributed by atoms with van der Waals surface area (Å²) in [4.78, 5) is 21.7. The van der Waals surface area contributed by atoms with Crippen LogP contribution in [-0.4, -0.2) is 63.1 Å². The van der Waals surface area contributed by atoms with Gasteiger partial charge in [0.15, 0.2) is 6.04 Å². The lowest BCUT2D eigenvalue weighted by molar-refractivity contribution is -0.198. The lowest BCUT2D eigenvalue weighted by atomic mass is 9.96. The minimum Gasteiger partial charge on any atom is -0.480 e. The standard InChI is InChI=1S/C8H10F3NO5/c9-8(10,11)7(17)12-2-1-3(13)5(14)4(12)6(15)16/h3-5,13-14H,1-2H2,(H,15,16)/t3-,4?,5-/m1/s1. The van der Waals surface area contributed by atoms with Gasteiger partial charge in [0.05, 0.1) is 6.10 Å². The Morgan fingerprint density at radius 1 is 1.24 bits per heavy atom. The van der Waals surface area contributed by atoms with Crippen molar-refractivity contribution in [1.82, 2.24) is 4.90 Å². The van der Waals surface area contributed by atoms with Gasteiger partial charge in [-0.1, -0.05) is 0 Å². The van der Waals surface area contributed by atoms with Gasteiger partial charge in [-0.05, 0) is 6.42 Å². The molecule has 98 valence electrons. The molecule has 3 N–H and O–H groups in total. The van der Waals surface area contributed by atoms with Crippen LogP contribution in [0.4, 0.5) is 13.2 Å². The van der Waals surface area contributed by atoms with E-state index in [1.807, 2.05) is 0 Å². The van der Waals surface area contributed by atoms with Crippen molar-refractivity contribution < 1.29 is 38.1 Å². The van der Waals surface area contributed by atoms with Crippen LogP contribution in [0.3, 0.4) is 0 Å². The number of aliphatic hydroxyl groups is 2. The topological polar surface area (TPSA) is 98.1 Å². The van der Waals surface area contributed by atoms with E-state index in [4.69, 9.17) is 10.2 Å². The Balaban J connectivity index is 2.98. The van der Waals surface area contributed by atoms with Gasteiger partial charge in [0.1, 0.15) is 6.10 Å². The van der Waals surface area contributed by atoms with Crippen molar-refractivity contribution in [3.05, 3.63) is 0 Å². The van der Waals surface area contributed by atoms with Crippen LogP contribution >= 0.6 is 0 Å². The molecular weight excluding hydrogens is 247 g/mol. The molecule has 1 fully saturated rings. The van der Waals surface area contributed by atoms with Gasteiger partial charge >= 0.3 is 18.1 Å². The number of carboxylic acid groups (broad SMARTS) is 1. The number of nitrogens with zero attached hydrogens (tertiary/aromatic N) is 1. The fraction of sp³-hybridized carbons (Fsp3) is 0.750. The van der Waals surface area contributed by atoms with Gasteiger partial charge in [0.2, 0.25) is 0 Å². The Kier molecular flexibility index (Phi) is 3.62. The first kappa shape index (κ1) is 13.7. The molecule has 6 nitrogen and oxygen atoms in total. The number of alkyl halides is 3. The second kappa shape index (κ2) is 4.49. The number of hydrogen-bond acceptors (Lipinski definition) is 4. The number of rotatable bonds is 1. The molecule has 3 atom stereocenters. The number of carboxylic acids is 1. The highest BCUT2D eigenvalue weighted by molar-refractivity contribution is 5.87. The zero-order valence-corrected chi connectivity index (χ0v) is 8.39. The number of carbonyl (C=O) groups is 2. The number of carbonyl (C=O) groups excluding carboxylic acids is 1. The average Bonchev–Trinajstić information content (AvgIpc) is 2.18. The van der Waals surface area contributed by atoms with Crippen molar-refractivity contribution in [1.29, 1.82) is 0 Å². The van der Waals surface area contributed by atoms with E-state index in [0.29, 0.717) is 0 Å². The van der Waals surface area contributed by atoms with E-state index < -0.39 is 42.8 Å². The molecule has 0 aromatic carbocycles. The number of aliphatic hydroxyl groups excluding tert-OH is 2. The van der Waals surface area contributed by atoms with Crippen LogP contribution in [-0.2, 0) is 9.59 Å². The Morgan fingerprint density at radius 3 is 2.18 bits per heavy atom. The molecule has 1 saturated heterocycles. The third-order valence-corrected chi connectivity index (χ3v) is 2.48. The maximum atomic E-state index is 12.2. The highest BCUT2D eigenvalue weighted by atomic mass is 19.4. The molecule has 1 aliphatic rings. The van der Waals surface area contributed by atoms with Crippen molar-refractivity contribution in [2.75, 3.05) is 6.54 Å². The molecule has 9 heteroatoms. The summed E-state index contributed by atoms with van der Waals surface area (Å²) >= 11 is 0. The Labute approximate surface area is 93.3 Å². The van der Waals surface area contributed by atoms with E-state index in [9.17, 15) is 27.9 Å². The molecule has 1 rings (SSSR count). The highest BCUT2D eigenvalue weighted by Gasteiger charge is 2.51. The van der Waals surface area contributed by atoms with Crippen molar-refractivity contribution in [2.24, 2.45) is 0 Å². The number of amides is 1. The highest BCUT2D eigenvalue weighted by Crippen LogP contribution is 2.25. The van der Waals surface area contributed by atoms with Crippen LogP contribution in [0.2, 0.25) is 0 Å². The first-order chi connectivity index (χ1) is 7.66. The van der Waals surface area contributed by atoms with Crippen molar-refractivity contribution in [2.45, 2.75) is 30.8 Å². The molecule has 1 unspecified atom stereocenters. The van der Waals surface area contributed by atoms with Gasteiger partial charge in [0.25, 0.3) is 0 Å². The molecule has 0 aliphatic carbocycles. The minimum absolute atomic E-state index is 0.0136. The Morgan fingerprint density at radius 2 is 1.76 bits per heavy atom. The van der Waals surface area contributed by atoms with Crippen molar-refractivity contribution in [3.63, 3.8) is 0 Å². The monoisotopic (exact) mass is 257 g/mol. The normalized spacial score (nSPS) is 30.2. The molecule has 0 radical (unpaired) electrons. The minimum atomic E-state index is -5.21. The maximum Gasteiger partial charge on any atom is 0.471 e. The Hall–Kier alpha value is -1.35. The van der Waals surface area contributed by atoms with Crippen LogP contribution in [0.15, 0.2) is 0 Å². The number of halogens is 3. The summed E-state index contributed by atoms with van der Waals surface area (Å²) in [6.45, 7) is -0.576. The molecule has 17 heavy (non-hydrogen) atoms. The third-order valence-electron chi connectivity index (χ3n) is 2.48. The predicted octanol–water partition coefficient (Wildman–Crippen LogP) is -1.04. The lowest BCUT2D eigenvalue weighted by Gasteiger charge is -2.39. The first-order valence-corrected chi connectivity index (χ1v) is 4.63. The van der Waals surface area contributed by atoms with Crippen LogP contribution in [0, 0.1) is 0 Å². The summed E-state index contributed by atoms with van der Waals surface area (Å²) < 4.78 is 36.5. The summed E-state index contributed by atoms with van der Waals surface area (Å²) in [7, 11) is 0. The second-order valence-electron chi connectivity index (χ2n) is 3.63. The fourth-order valence-corrected chi connectivity index (χ4v) is 1.65. The van der Waals surface area contributed by atoms with Gasteiger partial charge in [-0.15, -0.1) is 0 Å². The van der Waals surface area contributed by atoms with E-state index in [1.165, 1.54) is 0 Å². The van der Waals surface area contributed by atoms with Gasteiger partial charge in [-0.2, -0.15) is 13.2 Å². The number of piperidine rings is 1. The smallest absolute Gasteiger partial charge is 0.471 e. The van der Waals surface area contributed by atoms with E-state index in [2.05, 4.69) is 0 Å². The summed E-state index contributed by atoms with van der Waals surface area (Å²) in [5, 5.41) is 27.1. The largest absolute Gasteiger partial charge is 0.480 e. The van der Waals surface area contributed by atoms with Crippen molar-refractivity contribution in [3.8, 4) is 0 Å². The zero-order chi connectivity index (χ0) is 13.4. The molecule has 0 spiro atoms. The predicted molar refractivity (Wildman–Crippen MR) is 45.8 cm³/mol. The summed E-state index contributed by atoms with van der Waals surface area (Å²) in [5.41, 5.74) is 0. The maximum absolute atomic E-state index is 12.2. The van der Waals surface area contributed by atoms with Gasteiger partial charge in [-0.3, -0.25) is 4.79 Å². The van der Waals surface area contributed by atoms with E-state index in [1.54, 1.807) is 0 Å². The van der Waals surface area contributed by atoms with Gasteiger partial charge in [-0.25, -0.2) is 4.79 Å². The van der Waals surface area contributed by atoms with E-state index in [-0.39, 0.29) is 11.3 Å².